The Balaban J connectivity index is 1.56. The van der Waals surface area contributed by atoms with Crippen LogP contribution in [0, 0.1) is 0 Å². The molecule has 0 spiro atoms. The van der Waals surface area contributed by atoms with E-state index in [1.165, 1.54) is 0 Å². The number of nitrogens with one attached hydrogen (secondary N) is 1. The van der Waals surface area contributed by atoms with Gasteiger partial charge in [0.15, 0.2) is 5.82 Å². The highest BCUT2D eigenvalue weighted by atomic mass is 19.3. The van der Waals surface area contributed by atoms with Gasteiger partial charge in [0.25, 0.3) is 0 Å². The Morgan fingerprint density at radius 1 is 0.970 bits per heavy atom. The fourth-order valence-electron chi connectivity index (χ4n) is 3.76. The van der Waals surface area contributed by atoms with Crippen molar-refractivity contribution >= 4 is 0 Å². The second-order valence-corrected chi connectivity index (χ2v) is 8.19. The van der Waals surface area contributed by atoms with Crippen molar-refractivity contribution in [2.75, 3.05) is 0 Å². The maximum Gasteiger partial charge on any atom is 0.305 e. The summed E-state index contributed by atoms with van der Waals surface area (Å²) in [6.07, 6.45) is 4.61. The monoisotopic (exact) mass is 451 g/mol. The zero-order valence-electron chi connectivity index (χ0n) is 18.8. The van der Waals surface area contributed by atoms with Crippen LogP contribution in [0.5, 0.6) is 0 Å². The van der Waals surface area contributed by atoms with E-state index in [9.17, 15) is 8.78 Å². The van der Waals surface area contributed by atoms with Crippen molar-refractivity contribution < 1.29 is 8.78 Å². The lowest BCUT2D eigenvalue weighted by molar-refractivity contribution is 0.00751. The number of aryl methyl sites for hydroxylation is 1. The van der Waals surface area contributed by atoms with Gasteiger partial charge in [-0.2, -0.15) is 8.78 Å². The average Bonchev–Trinajstić information content (AvgIpc) is 3.48. The van der Waals surface area contributed by atoms with E-state index in [-0.39, 0.29) is 0 Å². The van der Waals surface area contributed by atoms with Crippen LogP contribution in [0.3, 0.4) is 0 Å². The summed E-state index contributed by atoms with van der Waals surface area (Å²) in [5.74, 6) is -2.32. The molecule has 172 valence electrons. The first-order valence-electron chi connectivity index (χ1n) is 11.2. The van der Waals surface area contributed by atoms with Gasteiger partial charge in [-0.15, -0.1) is 10.2 Å². The summed E-state index contributed by atoms with van der Waals surface area (Å²) in [5.41, 5.74) is 3.88. The molecule has 0 aliphatic carbocycles. The zero-order valence-corrected chi connectivity index (χ0v) is 18.8. The largest absolute Gasteiger partial charge is 0.305 e. The van der Waals surface area contributed by atoms with Gasteiger partial charge in [0, 0.05) is 25.5 Å². The van der Waals surface area contributed by atoms with Gasteiger partial charge >= 0.3 is 5.92 Å². The summed E-state index contributed by atoms with van der Waals surface area (Å²) in [7, 11) is 0. The van der Waals surface area contributed by atoms with E-state index in [1.807, 2.05) is 48.5 Å². The van der Waals surface area contributed by atoms with Gasteiger partial charge in [-0.3, -0.25) is 0 Å². The number of rotatable bonds is 10. The molecule has 33 heavy (non-hydrogen) atoms. The molecule has 2 heterocycles. The molecule has 2 aromatic heterocycles. The Morgan fingerprint density at radius 2 is 1.73 bits per heavy atom. The third kappa shape index (κ3) is 5.47. The summed E-state index contributed by atoms with van der Waals surface area (Å²) < 4.78 is 29.4. The van der Waals surface area contributed by atoms with Crippen LogP contribution in [0.4, 0.5) is 8.78 Å². The molecule has 9 heteroatoms. The molecule has 0 aliphatic heterocycles. The van der Waals surface area contributed by atoms with Crippen LogP contribution in [-0.2, 0) is 18.9 Å². The highest BCUT2D eigenvalue weighted by Gasteiger charge is 2.31. The van der Waals surface area contributed by atoms with Crippen molar-refractivity contribution in [1.82, 2.24) is 35.4 Å². The van der Waals surface area contributed by atoms with Gasteiger partial charge in [0.2, 0.25) is 5.82 Å². The molecule has 0 unspecified atom stereocenters. The summed E-state index contributed by atoms with van der Waals surface area (Å²) in [6, 6.07) is 15.9. The first-order valence-corrected chi connectivity index (χ1v) is 11.2. The SMILES string of the molecule is CCCCCCn1nc(C(C)(F)F)nc1Cc1ccc(-c2ccccc2-c2nnn[nH]2)cc1. The van der Waals surface area contributed by atoms with Gasteiger partial charge in [-0.1, -0.05) is 74.7 Å². The predicted octanol–water partition coefficient (Wildman–Crippen LogP) is 5.41. The molecule has 7 nitrogen and oxygen atoms in total. The number of nitrogens with zero attached hydrogens (tertiary/aromatic N) is 6. The third-order valence-corrected chi connectivity index (χ3v) is 5.52. The Morgan fingerprint density at radius 3 is 2.39 bits per heavy atom. The summed E-state index contributed by atoms with van der Waals surface area (Å²) in [6.45, 7) is 3.57. The molecule has 4 rings (SSSR count). The molecule has 0 atom stereocenters. The number of aromatic amines is 1. The molecule has 2 aromatic carbocycles. The van der Waals surface area contributed by atoms with Crippen LogP contribution >= 0.6 is 0 Å². The lowest BCUT2D eigenvalue weighted by Gasteiger charge is -2.09. The highest BCUT2D eigenvalue weighted by molar-refractivity contribution is 5.80. The van der Waals surface area contributed by atoms with Crippen LogP contribution in [0.25, 0.3) is 22.5 Å². The number of hydrogen-bond donors (Lipinski definition) is 1. The van der Waals surface area contributed by atoms with Gasteiger partial charge < -0.3 is 0 Å². The molecule has 0 amide bonds. The summed E-state index contributed by atoms with van der Waals surface area (Å²) >= 11 is 0. The Kier molecular flexibility index (Phi) is 6.86. The molecule has 0 radical (unpaired) electrons. The molecule has 4 aromatic rings. The van der Waals surface area contributed by atoms with Crippen molar-refractivity contribution in [3.8, 4) is 22.5 Å². The first kappa shape index (κ1) is 22.7. The van der Waals surface area contributed by atoms with Gasteiger partial charge in [0.1, 0.15) is 5.82 Å². The minimum Gasteiger partial charge on any atom is -0.249 e. The zero-order chi connectivity index (χ0) is 23.3. The summed E-state index contributed by atoms with van der Waals surface area (Å²) in [4.78, 5) is 4.18. The number of H-pyrrole nitrogens is 1. The number of alkyl halides is 2. The van der Waals surface area contributed by atoms with Crippen molar-refractivity contribution in [1.29, 1.82) is 0 Å². The number of halogens is 2. The van der Waals surface area contributed by atoms with Crippen molar-refractivity contribution in [3.63, 3.8) is 0 Å². The lowest BCUT2D eigenvalue weighted by Crippen LogP contribution is -2.11. The summed E-state index contributed by atoms with van der Waals surface area (Å²) in [5, 5.41) is 18.3. The quantitative estimate of drug-likeness (QED) is 0.326. The molecule has 0 saturated heterocycles. The van der Waals surface area contributed by atoms with E-state index >= 15 is 0 Å². The van der Waals surface area contributed by atoms with E-state index in [0.717, 1.165) is 54.9 Å². The standard InChI is InChI=1S/C24H27F2N7/c1-3-4-5-8-15-33-21(27-23(30-33)24(2,25)26)16-17-11-13-18(14-12-17)19-9-6-7-10-20(19)22-28-31-32-29-22/h6-7,9-14H,3-5,8,15-16H2,1-2H3,(H,28,29,31,32). The second kappa shape index (κ2) is 9.97. The van der Waals surface area contributed by atoms with Crippen LogP contribution in [0.1, 0.15) is 56.7 Å². The van der Waals surface area contributed by atoms with Crippen molar-refractivity contribution in [2.24, 2.45) is 0 Å². The Bertz CT molecular complexity index is 1160. The minimum absolute atomic E-state index is 0.417. The molecule has 0 bridgehead atoms. The molecular formula is C24H27F2N7. The topological polar surface area (TPSA) is 85.2 Å². The smallest absolute Gasteiger partial charge is 0.249 e. The molecule has 0 saturated carbocycles. The second-order valence-electron chi connectivity index (χ2n) is 8.19. The fraction of sp³-hybridized carbons (Fsp3) is 0.375. The molecule has 0 fully saturated rings. The number of tetrazole rings is 1. The first-order chi connectivity index (χ1) is 16.0. The number of benzene rings is 2. The van der Waals surface area contributed by atoms with E-state index in [0.29, 0.717) is 24.6 Å². The lowest BCUT2D eigenvalue weighted by atomic mass is 9.98. The van der Waals surface area contributed by atoms with Gasteiger partial charge in [0.05, 0.1) is 0 Å². The third-order valence-electron chi connectivity index (χ3n) is 5.52. The molecule has 0 aliphatic rings. The van der Waals surface area contributed by atoms with E-state index in [1.54, 1.807) is 4.68 Å². The maximum absolute atomic E-state index is 13.9. The number of aromatic nitrogens is 7. The Hall–Kier alpha value is -3.49. The van der Waals surface area contributed by atoms with Crippen LogP contribution < -0.4 is 0 Å². The van der Waals surface area contributed by atoms with Gasteiger partial charge in [-0.05, 0) is 33.5 Å². The van der Waals surface area contributed by atoms with Crippen LogP contribution in [0.15, 0.2) is 48.5 Å². The van der Waals surface area contributed by atoms with E-state index < -0.39 is 11.7 Å². The predicted molar refractivity (Wildman–Crippen MR) is 122 cm³/mol. The van der Waals surface area contributed by atoms with Crippen molar-refractivity contribution in [3.05, 3.63) is 65.7 Å². The van der Waals surface area contributed by atoms with Gasteiger partial charge in [-0.25, -0.2) is 14.8 Å². The van der Waals surface area contributed by atoms with Crippen LogP contribution in [0.2, 0.25) is 0 Å². The van der Waals surface area contributed by atoms with E-state index in [4.69, 9.17) is 0 Å². The maximum atomic E-state index is 13.9. The normalized spacial score (nSPS) is 11.8. The number of hydrogen-bond acceptors (Lipinski definition) is 5. The molecular weight excluding hydrogens is 424 g/mol. The minimum atomic E-state index is -3.06. The Labute approximate surface area is 191 Å². The number of unbranched alkanes of at least 4 members (excludes halogenated alkanes) is 3. The van der Waals surface area contributed by atoms with E-state index in [2.05, 4.69) is 37.6 Å². The average molecular weight is 452 g/mol. The highest BCUT2D eigenvalue weighted by Crippen LogP contribution is 2.30. The molecule has 1 N–H and O–H groups in total. The van der Waals surface area contributed by atoms with Crippen LogP contribution in [-0.4, -0.2) is 35.4 Å². The fourth-order valence-corrected chi connectivity index (χ4v) is 3.76. The van der Waals surface area contributed by atoms with Crippen molar-refractivity contribution in [2.45, 2.75) is 58.4 Å².